The third kappa shape index (κ3) is 1.54. The predicted octanol–water partition coefficient (Wildman–Crippen LogP) is 1.44. The van der Waals surface area contributed by atoms with Crippen LogP contribution in [0.5, 0.6) is 0 Å². The summed E-state index contributed by atoms with van der Waals surface area (Å²) in [5.41, 5.74) is 2.42. The maximum atomic E-state index is 4.29. The first-order valence-corrected chi connectivity index (χ1v) is 5.42. The monoisotopic (exact) mass is 215 g/mol. The van der Waals surface area contributed by atoms with Crippen LogP contribution in [0.1, 0.15) is 17.7 Å². The van der Waals surface area contributed by atoms with E-state index in [0.717, 1.165) is 24.5 Å². The Morgan fingerprint density at radius 3 is 3.06 bits per heavy atom. The lowest BCUT2D eigenvalue weighted by Gasteiger charge is -2.06. The van der Waals surface area contributed by atoms with E-state index in [-0.39, 0.29) is 0 Å². The second kappa shape index (κ2) is 3.59. The molecule has 1 aliphatic rings. The summed E-state index contributed by atoms with van der Waals surface area (Å²) in [6, 6.07) is 1.93. The molecule has 2 heterocycles. The number of anilines is 2. The van der Waals surface area contributed by atoms with Crippen molar-refractivity contribution in [1.82, 2.24) is 19.7 Å². The summed E-state index contributed by atoms with van der Waals surface area (Å²) in [4.78, 5) is 8.57. The molecule has 0 aliphatic heterocycles. The zero-order valence-corrected chi connectivity index (χ0v) is 9.14. The summed E-state index contributed by atoms with van der Waals surface area (Å²) in [7, 11) is 1.90. The number of hydrogen-bond acceptors (Lipinski definition) is 4. The molecule has 0 spiro atoms. The van der Waals surface area contributed by atoms with Crippen LogP contribution >= 0.6 is 0 Å². The molecule has 0 amide bonds. The molecule has 1 aliphatic carbocycles. The van der Waals surface area contributed by atoms with Gasteiger partial charge in [0.25, 0.3) is 0 Å². The highest BCUT2D eigenvalue weighted by atomic mass is 15.3. The number of hydrogen-bond donors (Lipinski definition) is 1. The third-order valence-electron chi connectivity index (χ3n) is 2.84. The van der Waals surface area contributed by atoms with Gasteiger partial charge in [-0.3, -0.25) is 4.68 Å². The van der Waals surface area contributed by atoms with Crippen molar-refractivity contribution in [2.75, 3.05) is 5.32 Å². The molecule has 0 saturated carbocycles. The first kappa shape index (κ1) is 9.33. The van der Waals surface area contributed by atoms with Crippen LogP contribution in [-0.2, 0) is 19.9 Å². The van der Waals surface area contributed by atoms with Gasteiger partial charge in [0.1, 0.15) is 12.1 Å². The minimum absolute atomic E-state index is 0.829. The SMILES string of the molecule is Cn1ccc(Nc2ncnc3c2CCC3)n1. The number of fused-ring (bicyclic) bond motifs is 1. The van der Waals surface area contributed by atoms with Crippen molar-refractivity contribution in [2.45, 2.75) is 19.3 Å². The van der Waals surface area contributed by atoms with Gasteiger partial charge in [0.15, 0.2) is 5.82 Å². The summed E-state index contributed by atoms with van der Waals surface area (Å²) in [6.07, 6.45) is 6.82. The summed E-state index contributed by atoms with van der Waals surface area (Å²) in [5.74, 6) is 1.73. The van der Waals surface area contributed by atoms with Gasteiger partial charge in [0.05, 0.1) is 0 Å². The van der Waals surface area contributed by atoms with Crippen LogP contribution < -0.4 is 5.32 Å². The number of nitrogens with one attached hydrogen (secondary N) is 1. The van der Waals surface area contributed by atoms with Crippen molar-refractivity contribution in [3.63, 3.8) is 0 Å². The Bertz CT molecular complexity index is 517. The zero-order valence-electron chi connectivity index (χ0n) is 9.14. The van der Waals surface area contributed by atoms with Crippen molar-refractivity contribution >= 4 is 11.6 Å². The molecule has 0 aromatic carbocycles. The van der Waals surface area contributed by atoms with Gasteiger partial charge in [-0.25, -0.2) is 9.97 Å². The molecule has 16 heavy (non-hydrogen) atoms. The van der Waals surface area contributed by atoms with Crippen LogP contribution in [0.25, 0.3) is 0 Å². The normalized spacial score (nSPS) is 13.8. The molecule has 0 unspecified atom stereocenters. The maximum Gasteiger partial charge on any atom is 0.153 e. The molecule has 0 fully saturated rings. The summed E-state index contributed by atoms with van der Waals surface area (Å²) in [5, 5.41) is 7.52. The van der Waals surface area contributed by atoms with Crippen molar-refractivity contribution in [1.29, 1.82) is 0 Å². The number of nitrogens with zero attached hydrogens (tertiary/aromatic N) is 4. The second-order valence-corrected chi connectivity index (χ2v) is 4.00. The number of rotatable bonds is 2. The quantitative estimate of drug-likeness (QED) is 0.823. The van der Waals surface area contributed by atoms with Gasteiger partial charge in [-0.15, -0.1) is 0 Å². The Morgan fingerprint density at radius 2 is 2.25 bits per heavy atom. The first-order chi connectivity index (χ1) is 7.83. The van der Waals surface area contributed by atoms with Crippen molar-refractivity contribution in [2.24, 2.45) is 7.05 Å². The van der Waals surface area contributed by atoms with E-state index < -0.39 is 0 Å². The van der Waals surface area contributed by atoms with Gasteiger partial charge >= 0.3 is 0 Å². The topological polar surface area (TPSA) is 55.6 Å². The fourth-order valence-corrected chi connectivity index (χ4v) is 2.07. The highest BCUT2D eigenvalue weighted by Crippen LogP contribution is 2.26. The highest BCUT2D eigenvalue weighted by Gasteiger charge is 2.17. The average Bonchev–Trinajstić information content (AvgIpc) is 2.87. The number of aryl methyl sites for hydroxylation is 2. The van der Waals surface area contributed by atoms with Crippen molar-refractivity contribution < 1.29 is 0 Å². The Balaban J connectivity index is 1.93. The molecule has 2 aromatic rings. The van der Waals surface area contributed by atoms with Gasteiger partial charge in [0.2, 0.25) is 0 Å². The van der Waals surface area contributed by atoms with Gasteiger partial charge in [-0.2, -0.15) is 5.10 Å². The fourth-order valence-electron chi connectivity index (χ4n) is 2.07. The van der Waals surface area contributed by atoms with E-state index in [4.69, 9.17) is 0 Å². The molecule has 3 rings (SSSR count). The van der Waals surface area contributed by atoms with E-state index in [1.54, 1.807) is 11.0 Å². The fraction of sp³-hybridized carbons (Fsp3) is 0.364. The van der Waals surface area contributed by atoms with Crippen LogP contribution in [0.2, 0.25) is 0 Å². The van der Waals surface area contributed by atoms with E-state index in [1.165, 1.54) is 17.7 Å². The van der Waals surface area contributed by atoms with Gasteiger partial charge < -0.3 is 5.32 Å². The van der Waals surface area contributed by atoms with Gasteiger partial charge in [0, 0.05) is 30.6 Å². The standard InChI is InChI=1S/C11H13N5/c1-16-6-5-10(15-16)14-11-8-3-2-4-9(8)12-7-13-11/h5-7H,2-4H2,1H3,(H,12,13,14,15). The number of aromatic nitrogens is 4. The molecular weight excluding hydrogens is 202 g/mol. The van der Waals surface area contributed by atoms with Crippen LogP contribution in [0.15, 0.2) is 18.6 Å². The Morgan fingerprint density at radius 1 is 1.31 bits per heavy atom. The van der Waals surface area contributed by atoms with Crippen LogP contribution in [0, 0.1) is 0 Å². The predicted molar refractivity (Wildman–Crippen MR) is 60.5 cm³/mol. The van der Waals surface area contributed by atoms with Crippen molar-refractivity contribution in [3.05, 3.63) is 29.8 Å². The molecule has 0 bridgehead atoms. The minimum atomic E-state index is 0.829. The Hall–Kier alpha value is -1.91. The lowest BCUT2D eigenvalue weighted by Crippen LogP contribution is -2.01. The highest BCUT2D eigenvalue weighted by molar-refractivity contribution is 5.57. The summed E-state index contributed by atoms with van der Waals surface area (Å²) in [6.45, 7) is 0. The molecule has 0 radical (unpaired) electrons. The van der Waals surface area contributed by atoms with E-state index >= 15 is 0 Å². The van der Waals surface area contributed by atoms with E-state index in [9.17, 15) is 0 Å². The van der Waals surface area contributed by atoms with E-state index in [0.29, 0.717) is 0 Å². The maximum absolute atomic E-state index is 4.29. The molecule has 5 nitrogen and oxygen atoms in total. The first-order valence-electron chi connectivity index (χ1n) is 5.42. The van der Waals surface area contributed by atoms with Crippen LogP contribution in [-0.4, -0.2) is 19.7 Å². The largest absolute Gasteiger partial charge is 0.323 e. The molecular formula is C11H13N5. The molecule has 0 atom stereocenters. The molecule has 0 saturated heterocycles. The molecule has 82 valence electrons. The molecule has 5 heteroatoms. The molecule has 2 aromatic heterocycles. The average molecular weight is 215 g/mol. The lowest BCUT2D eigenvalue weighted by molar-refractivity contribution is 0.771. The minimum Gasteiger partial charge on any atom is -0.323 e. The van der Waals surface area contributed by atoms with Crippen molar-refractivity contribution in [3.8, 4) is 0 Å². The summed E-state index contributed by atoms with van der Waals surface area (Å²) < 4.78 is 1.77. The van der Waals surface area contributed by atoms with E-state index in [1.807, 2.05) is 19.3 Å². The van der Waals surface area contributed by atoms with Crippen LogP contribution in [0.4, 0.5) is 11.6 Å². The lowest BCUT2D eigenvalue weighted by atomic mass is 10.2. The van der Waals surface area contributed by atoms with Gasteiger partial charge in [-0.05, 0) is 19.3 Å². The summed E-state index contributed by atoms with van der Waals surface area (Å²) >= 11 is 0. The van der Waals surface area contributed by atoms with Crippen LogP contribution in [0.3, 0.4) is 0 Å². The Labute approximate surface area is 93.5 Å². The smallest absolute Gasteiger partial charge is 0.153 e. The molecule has 1 N–H and O–H groups in total. The Kier molecular flexibility index (Phi) is 2.09. The third-order valence-corrected chi connectivity index (χ3v) is 2.84. The van der Waals surface area contributed by atoms with E-state index in [2.05, 4.69) is 20.4 Å². The van der Waals surface area contributed by atoms with Gasteiger partial charge in [-0.1, -0.05) is 0 Å². The second-order valence-electron chi connectivity index (χ2n) is 4.00. The zero-order chi connectivity index (χ0) is 11.0.